The normalized spacial score (nSPS) is 10.3. The molecule has 0 radical (unpaired) electrons. The highest BCUT2D eigenvalue weighted by molar-refractivity contribution is 8.00. The van der Waals surface area contributed by atoms with Crippen LogP contribution in [-0.4, -0.2) is 38.9 Å². The molecule has 0 saturated heterocycles. The minimum atomic E-state index is -0.272. The molecule has 0 bridgehead atoms. The summed E-state index contributed by atoms with van der Waals surface area (Å²) in [5.41, 5.74) is 1.59. The van der Waals surface area contributed by atoms with Crippen molar-refractivity contribution in [2.45, 2.75) is 4.90 Å². The van der Waals surface area contributed by atoms with Gasteiger partial charge >= 0.3 is 0 Å². The van der Waals surface area contributed by atoms with Crippen LogP contribution in [0.3, 0.4) is 0 Å². The minimum Gasteiger partial charge on any atom is -0.495 e. The Bertz CT molecular complexity index is 1140. The van der Waals surface area contributed by atoms with Crippen molar-refractivity contribution >= 4 is 46.6 Å². The van der Waals surface area contributed by atoms with Crippen LogP contribution >= 0.6 is 23.4 Å². The zero-order chi connectivity index (χ0) is 23.8. The molecule has 3 rings (SSSR count). The zero-order valence-electron chi connectivity index (χ0n) is 18.3. The first-order valence-corrected chi connectivity index (χ1v) is 11.2. The molecule has 0 fully saturated rings. The Hall–Kier alpha value is -3.36. The SMILES string of the molecule is COc1ccc(Cl)cc1NC(=O)CSc1ccc(NC(=O)c2ccc(OC)c(OC)c2)cc1. The van der Waals surface area contributed by atoms with E-state index >= 15 is 0 Å². The van der Waals surface area contributed by atoms with Gasteiger partial charge in [0.15, 0.2) is 11.5 Å². The van der Waals surface area contributed by atoms with E-state index < -0.39 is 0 Å². The van der Waals surface area contributed by atoms with Crippen LogP contribution in [0.1, 0.15) is 10.4 Å². The van der Waals surface area contributed by atoms with Crippen LogP contribution in [0.2, 0.25) is 5.02 Å². The number of nitrogens with one attached hydrogen (secondary N) is 2. The van der Waals surface area contributed by atoms with Crippen LogP contribution < -0.4 is 24.8 Å². The third kappa shape index (κ3) is 6.57. The summed E-state index contributed by atoms with van der Waals surface area (Å²) in [4.78, 5) is 25.8. The number of anilines is 2. The molecular formula is C24H23ClN2O5S. The van der Waals surface area contributed by atoms with Gasteiger partial charge < -0.3 is 24.8 Å². The van der Waals surface area contributed by atoms with Crippen LogP contribution in [0.4, 0.5) is 11.4 Å². The number of methoxy groups -OCH3 is 3. The molecule has 0 heterocycles. The van der Waals surface area contributed by atoms with Crippen molar-refractivity contribution in [1.29, 1.82) is 0 Å². The van der Waals surface area contributed by atoms with E-state index in [1.807, 2.05) is 12.1 Å². The van der Waals surface area contributed by atoms with E-state index in [4.69, 9.17) is 25.8 Å². The number of benzene rings is 3. The fraction of sp³-hybridized carbons (Fsp3) is 0.167. The zero-order valence-corrected chi connectivity index (χ0v) is 19.9. The van der Waals surface area contributed by atoms with E-state index in [2.05, 4.69) is 10.6 Å². The van der Waals surface area contributed by atoms with Gasteiger partial charge in [0, 0.05) is 21.2 Å². The Labute approximate surface area is 201 Å². The quantitative estimate of drug-likeness (QED) is 0.396. The van der Waals surface area contributed by atoms with Gasteiger partial charge in [0.05, 0.1) is 32.8 Å². The molecular weight excluding hydrogens is 464 g/mol. The van der Waals surface area contributed by atoms with Gasteiger partial charge in [-0.2, -0.15) is 0 Å². The van der Waals surface area contributed by atoms with E-state index in [0.717, 1.165) is 4.90 Å². The van der Waals surface area contributed by atoms with Gasteiger partial charge in [0.2, 0.25) is 5.91 Å². The fourth-order valence-electron chi connectivity index (χ4n) is 2.93. The van der Waals surface area contributed by atoms with Crippen molar-refractivity contribution in [1.82, 2.24) is 0 Å². The lowest BCUT2D eigenvalue weighted by Gasteiger charge is -2.11. The number of ether oxygens (including phenoxy) is 3. The molecule has 3 aromatic carbocycles. The van der Waals surface area contributed by atoms with Crippen molar-refractivity contribution in [3.05, 3.63) is 71.2 Å². The lowest BCUT2D eigenvalue weighted by atomic mass is 10.2. The molecule has 0 atom stereocenters. The van der Waals surface area contributed by atoms with Gasteiger partial charge in [-0.3, -0.25) is 9.59 Å². The molecule has 0 aromatic heterocycles. The third-order valence-corrected chi connectivity index (χ3v) is 5.81. The number of halogens is 1. The molecule has 0 unspecified atom stereocenters. The standard InChI is InChI=1S/C24H23ClN2O5S/c1-30-20-11-5-16(25)13-19(20)27-23(28)14-33-18-8-6-17(7-9-18)26-24(29)15-4-10-21(31-2)22(12-15)32-3/h4-13H,14H2,1-3H3,(H,26,29)(H,27,28). The summed E-state index contributed by atoms with van der Waals surface area (Å²) in [6.07, 6.45) is 0. The predicted molar refractivity (Wildman–Crippen MR) is 131 cm³/mol. The highest BCUT2D eigenvalue weighted by atomic mass is 35.5. The van der Waals surface area contributed by atoms with Crippen molar-refractivity contribution in [2.75, 3.05) is 37.7 Å². The van der Waals surface area contributed by atoms with Crippen LogP contribution in [0, 0.1) is 0 Å². The molecule has 0 aliphatic carbocycles. The van der Waals surface area contributed by atoms with E-state index in [1.165, 1.54) is 33.1 Å². The lowest BCUT2D eigenvalue weighted by Crippen LogP contribution is -2.14. The van der Waals surface area contributed by atoms with Gasteiger partial charge in [0.25, 0.3) is 5.91 Å². The molecule has 2 N–H and O–H groups in total. The maximum absolute atomic E-state index is 12.5. The van der Waals surface area contributed by atoms with Gasteiger partial charge in [-0.15, -0.1) is 11.8 Å². The summed E-state index contributed by atoms with van der Waals surface area (Å²) in [5, 5.41) is 6.14. The topological polar surface area (TPSA) is 85.9 Å². The van der Waals surface area contributed by atoms with Gasteiger partial charge in [-0.05, 0) is 60.7 Å². The number of carbonyl (C=O) groups is 2. The summed E-state index contributed by atoms with van der Waals surface area (Å²) in [7, 11) is 4.58. The first-order valence-electron chi connectivity index (χ1n) is 9.83. The summed E-state index contributed by atoms with van der Waals surface area (Å²) in [5.74, 6) is 1.30. The second-order valence-corrected chi connectivity index (χ2v) is 8.21. The van der Waals surface area contributed by atoms with Gasteiger partial charge in [-0.1, -0.05) is 11.6 Å². The van der Waals surface area contributed by atoms with Crippen molar-refractivity contribution in [3.63, 3.8) is 0 Å². The number of rotatable bonds is 9. The lowest BCUT2D eigenvalue weighted by molar-refractivity contribution is -0.113. The second-order valence-electron chi connectivity index (χ2n) is 6.73. The van der Waals surface area contributed by atoms with Crippen molar-refractivity contribution < 1.29 is 23.8 Å². The molecule has 9 heteroatoms. The Morgan fingerprint density at radius 1 is 0.818 bits per heavy atom. The number of carbonyl (C=O) groups excluding carboxylic acids is 2. The average Bonchev–Trinajstić information content (AvgIpc) is 2.83. The fourth-order valence-corrected chi connectivity index (χ4v) is 3.80. The van der Waals surface area contributed by atoms with Crippen LogP contribution in [0.25, 0.3) is 0 Å². The van der Waals surface area contributed by atoms with Gasteiger partial charge in [0.1, 0.15) is 5.75 Å². The Morgan fingerprint density at radius 2 is 1.48 bits per heavy atom. The third-order valence-electron chi connectivity index (χ3n) is 4.56. The van der Waals surface area contributed by atoms with Crippen LogP contribution in [0.15, 0.2) is 65.6 Å². The summed E-state index contributed by atoms with van der Waals surface area (Å²) < 4.78 is 15.7. The Balaban J connectivity index is 1.55. The maximum atomic E-state index is 12.5. The van der Waals surface area contributed by atoms with Gasteiger partial charge in [-0.25, -0.2) is 0 Å². The summed E-state index contributed by atoms with van der Waals surface area (Å²) >= 11 is 7.36. The smallest absolute Gasteiger partial charge is 0.255 e. The number of hydrogen-bond donors (Lipinski definition) is 2. The van der Waals surface area contributed by atoms with Crippen LogP contribution in [0.5, 0.6) is 17.2 Å². The molecule has 33 heavy (non-hydrogen) atoms. The molecule has 0 aliphatic heterocycles. The van der Waals surface area contributed by atoms with Crippen molar-refractivity contribution in [2.24, 2.45) is 0 Å². The number of thioether (sulfide) groups is 1. The minimum absolute atomic E-state index is 0.189. The first kappa shape index (κ1) is 24.3. The highest BCUT2D eigenvalue weighted by Gasteiger charge is 2.12. The molecule has 0 aliphatic rings. The molecule has 2 amide bonds. The van der Waals surface area contributed by atoms with E-state index in [9.17, 15) is 9.59 Å². The molecule has 7 nitrogen and oxygen atoms in total. The van der Waals surface area contributed by atoms with Crippen molar-refractivity contribution in [3.8, 4) is 17.2 Å². The van der Waals surface area contributed by atoms with Crippen LogP contribution in [-0.2, 0) is 4.79 Å². The molecule has 0 spiro atoms. The molecule has 3 aromatic rings. The van der Waals surface area contributed by atoms with E-state index in [0.29, 0.717) is 39.2 Å². The molecule has 172 valence electrons. The Kier molecular flexibility index (Phi) is 8.46. The monoisotopic (exact) mass is 486 g/mol. The van der Waals surface area contributed by atoms with E-state index in [-0.39, 0.29) is 17.6 Å². The molecule has 0 saturated carbocycles. The van der Waals surface area contributed by atoms with E-state index in [1.54, 1.807) is 48.5 Å². The highest BCUT2D eigenvalue weighted by Crippen LogP contribution is 2.29. The largest absolute Gasteiger partial charge is 0.495 e. The predicted octanol–water partition coefficient (Wildman–Crippen LogP) is 5.35. The number of hydrogen-bond acceptors (Lipinski definition) is 6. The number of amides is 2. The maximum Gasteiger partial charge on any atom is 0.255 e. The average molecular weight is 487 g/mol. The first-order chi connectivity index (χ1) is 15.9. The second kappa shape index (κ2) is 11.5. The summed E-state index contributed by atoms with van der Waals surface area (Å²) in [6, 6.07) is 17.2. The Morgan fingerprint density at radius 3 is 2.15 bits per heavy atom. The summed E-state index contributed by atoms with van der Waals surface area (Å²) in [6.45, 7) is 0.